The molecule has 24 heavy (non-hydrogen) atoms. The lowest BCUT2D eigenvalue weighted by Gasteiger charge is -2.07. The molecular formula is C17H16N4O3. The number of hydrogen-bond donors (Lipinski definition) is 4. The summed E-state index contributed by atoms with van der Waals surface area (Å²) in [6.07, 6.45) is 1.56. The van der Waals surface area contributed by atoms with Crippen LogP contribution >= 0.6 is 0 Å². The van der Waals surface area contributed by atoms with E-state index in [1.165, 1.54) is 0 Å². The van der Waals surface area contributed by atoms with Crippen molar-refractivity contribution in [1.82, 2.24) is 20.6 Å². The number of rotatable bonds is 5. The van der Waals surface area contributed by atoms with Gasteiger partial charge in [-0.1, -0.05) is 12.1 Å². The number of carbonyl (C=O) groups is 2. The third-order valence-corrected chi connectivity index (χ3v) is 3.52. The van der Waals surface area contributed by atoms with E-state index in [1.54, 1.807) is 48.8 Å². The van der Waals surface area contributed by atoms with Crippen LogP contribution in [-0.2, 0) is 11.3 Å². The van der Waals surface area contributed by atoms with Crippen LogP contribution < -0.4 is 10.6 Å². The highest BCUT2D eigenvalue weighted by atomic mass is 16.3. The van der Waals surface area contributed by atoms with Gasteiger partial charge in [0.15, 0.2) is 0 Å². The first-order valence-corrected chi connectivity index (χ1v) is 7.38. The molecule has 7 heteroatoms. The van der Waals surface area contributed by atoms with Crippen molar-refractivity contribution in [2.75, 3.05) is 6.54 Å². The van der Waals surface area contributed by atoms with Crippen molar-refractivity contribution in [2.24, 2.45) is 0 Å². The van der Waals surface area contributed by atoms with Crippen LogP contribution in [-0.4, -0.2) is 33.4 Å². The molecule has 1 heterocycles. The number of nitrogens with zero attached hydrogens (tertiary/aromatic N) is 1. The van der Waals surface area contributed by atoms with Crippen molar-refractivity contribution in [3.05, 3.63) is 59.9 Å². The van der Waals surface area contributed by atoms with E-state index in [9.17, 15) is 14.7 Å². The van der Waals surface area contributed by atoms with E-state index in [4.69, 9.17) is 0 Å². The van der Waals surface area contributed by atoms with Crippen LogP contribution in [0.5, 0.6) is 5.75 Å². The number of aromatic amines is 1. The summed E-state index contributed by atoms with van der Waals surface area (Å²) >= 11 is 0. The summed E-state index contributed by atoms with van der Waals surface area (Å²) in [4.78, 5) is 30.9. The Balaban J connectivity index is 1.49. The number of aromatic nitrogens is 2. The average molecular weight is 324 g/mol. The van der Waals surface area contributed by atoms with Gasteiger partial charge in [-0.3, -0.25) is 9.59 Å². The fourth-order valence-electron chi connectivity index (χ4n) is 2.22. The molecule has 3 aromatic rings. The highest BCUT2D eigenvalue weighted by Crippen LogP contribution is 2.11. The van der Waals surface area contributed by atoms with E-state index >= 15 is 0 Å². The lowest BCUT2D eigenvalue weighted by Crippen LogP contribution is -2.36. The molecule has 0 saturated carbocycles. The fraction of sp³-hybridized carbons (Fsp3) is 0.118. The van der Waals surface area contributed by atoms with Crippen molar-refractivity contribution in [2.45, 2.75) is 6.54 Å². The van der Waals surface area contributed by atoms with Crippen LogP contribution in [0.15, 0.2) is 48.8 Å². The third-order valence-electron chi connectivity index (χ3n) is 3.52. The molecular weight excluding hydrogens is 308 g/mol. The molecule has 4 N–H and O–H groups in total. The van der Waals surface area contributed by atoms with Crippen LogP contribution in [0.1, 0.15) is 15.9 Å². The molecule has 1 aromatic heterocycles. The normalized spacial score (nSPS) is 10.5. The van der Waals surface area contributed by atoms with Gasteiger partial charge in [0, 0.05) is 12.1 Å². The predicted octanol–water partition coefficient (Wildman–Crippen LogP) is 1.31. The molecule has 7 nitrogen and oxygen atoms in total. The molecule has 2 amide bonds. The molecule has 0 spiro atoms. The summed E-state index contributed by atoms with van der Waals surface area (Å²) in [5.41, 5.74) is 2.85. The molecule has 0 aliphatic carbocycles. The molecule has 0 saturated heterocycles. The van der Waals surface area contributed by atoms with Crippen LogP contribution in [0.25, 0.3) is 11.0 Å². The minimum atomic E-state index is -0.328. The molecule has 3 rings (SSSR count). The van der Waals surface area contributed by atoms with Gasteiger partial charge in [0.05, 0.1) is 23.9 Å². The predicted molar refractivity (Wildman–Crippen MR) is 88.4 cm³/mol. The standard InChI is InChI=1S/C17H16N4O3/c22-13-4-1-11(2-5-13)8-18-16(23)9-19-17(24)12-3-6-14-15(7-12)21-10-20-14/h1-7,10,22H,8-9H2,(H,18,23)(H,19,24)(H,20,21). The van der Waals surface area contributed by atoms with Crippen molar-refractivity contribution in [3.63, 3.8) is 0 Å². The summed E-state index contributed by atoms with van der Waals surface area (Å²) in [7, 11) is 0. The summed E-state index contributed by atoms with van der Waals surface area (Å²) in [5.74, 6) is -0.447. The first-order chi connectivity index (χ1) is 11.6. The lowest BCUT2D eigenvalue weighted by molar-refractivity contribution is -0.120. The van der Waals surface area contributed by atoms with Crippen molar-refractivity contribution in [3.8, 4) is 5.75 Å². The second-order valence-corrected chi connectivity index (χ2v) is 5.26. The van der Waals surface area contributed by atoms with E-state index in [0.29, 0.717) is 12.1 Å². The number of phenols is 1. The van der Waals surface area contributed by atoms with Crippen LogP contribution in [0.2, 0.25) is 0 Å². The maximum atomic E-state index is 12.1. The Labute approximate surface area is 137 Å². The first-order valence-electron chi connectivity index (χ1n) is 7.38. The monoisotopic (exact) mass is 324 g/mol. The lowest BCUT2D eigenvalue weighted by atomic mass is 10.2. The Morgan fingerprint density at radius 3 is 2.67 bits per heavy atom. The topological polar surface area (TPSA) is 107 Å². The molecule has 0 unspecified atom stereocenters. The van der Waals surface area contributed by atoms with Crippen molar-refractivity contribution in [1.29, 1.82) is 0 Å². The number of nitrogens with one attached hydrogen (secondary N) is 3. The Bertz CT molecular complexity index is 871. The van der Waals surface area contributed by atoms with Gasteiger partial charge in [0.25, 0.3) is 5.91 Å². The largest absolute Gasteiger partial charge is 0.508 e. The molecule has 0 atom stereocenters. The minimum absolute atomic E-state index is 0.113. The molecule has 0 bridgehead atoms. The summed E-state index contributed by atoms with van der Waals surface area (Å²) in [6.45, 7) is 0.215. The van der Waals surface area contributed by atoms with Gasteiger partial charge < -0.3 is 20.7 Å². The Hall–Kier alpha value is -3.35. The second-order valence-electron chi connectivity index (χ2n) is 5.26. The maximum Gasteiger partial charge on any atom is 0.251 e. The number of aromatic hydroxyl groups is 1. The summed E-state index contributed by atoms with van der Waals surface area (Å²) in [5, 5.41) is 14.5. The number of hydrogen-bond acceptors (Lipinski definition) is 4. The Morgan fingerprint density at radius 1 is 1.08 bits per heavy atom. The van der Waals surface area contributed by atoms with E-state index < -0.39 is 0 Å². The van der Waals surface area contributed by atoms with Gasteiger partial charge >= 0.3 is 0 Å². The van der Waals surface area contributed by atoms with Crippen molar-refractivity contribution >= 4 is 22.8 Å². The SMILES string of the molecule is O=C(CNC(=O)c1ccc2nc[nH]c2c1)NCc1ccc(O)cc1. The van der Waals surface area contributed by atoms with Gasteiger partial charge in [0.2, 0.25) is 5.91 Å². The quantitative estimate of drug-likeness (QED) is 0.567. The number of H-pyrrole nitrogens is 1. The number of amides is 2. The summed E-state index contributed by atoms with van der Waals surface area (Å²) in [6, 6.07) is 11.6. The summed E-state index contributed by atoms with van der Waals surface area (Å²) < 4.78 is 0. The highest BCUT2D eigenvalue weighted by Gasteiger charge is 2.09. The Morgan fingerprint density at radius 2 is 1.88 bits per heavy atom. The fourth-order valence-corrected chi connectivity index (χ4v) is 2.22. The minimum Gasteiger partial charge on any atom is -0.508 e. The average Bonchev–Trinajstić information content (AvgIpc) is 3.06. The molecule has 0 aliphatic rings. The first kappa shape index (κ1) is 15.5. The van der Waals surface area contributed by atoms with Gasteiger partial charge in [0.1, 0.15) is 5.75 Å². The van der Waals surface area contributed by atoms with E-state index in [0.717, 1.165) is 16.6 Å². The van der Waals surface area contributed by atoms with E-state index in [1.807, 2.05) is 0 Å². The Kier molecular flexibility index (Phi) is 4.42. The zero-order valence-corrected chi connectivity index (χ0v) is 12.7. The van der Waals surface area contributed by atoms with Crippen molar-refractivity contribution < 1.29 is 14.7 Å². The van der Waals surface area contributed by atoms with E-state index in [-0.39, 0.29) is 24.1 Å². The third kappa shape index (κ3) is 3.70. The van der Waals surface area contributed by atoms with Crippen LogP contribution in [0.3, 0.4) is 0 Å². The highest BCUT2D eigenvalue weighted by molar-refractivity contribution is 5.98. The van der Waals surface area contributed by atoms with Gasteiger partial charge in [-0.25, -0.2) is 4.98 Å². The maximum absolute atomic E-state index is 12.1. The van der Waals surface area contributed by atoms with Gasteiger partial charge in [-0.2, -0.15) is 0 Å². The second kappa shape index (κ2) is 6.82. The molecule has 122 valence electrons. The number of benzene rings is 2. The zero-order valence-electron chi connectivity index (χ0n) is 12.7. The molecule has 0 aliphatic heterocycles. The van der Waals surface area contributed by atoms with Gasteiger partial charge in [-0.05, 0) is 35.9 Å². The van der Waals surface area contributed by atoms with E-state index in [2.05, 4.69) is 20.6 Å². The zero-order chi connectivity index (χ0) is 16.9. The molecule has 2 aromatic carbocycles. The smallest absolute Gasteiger partial charge is 0.251 e. The molecule has 0 radical (unpaired) electrons. The van der Waals surface area contributed by atoms with Crippen LogP contribution in [0, 0.1) is 0 Å². The number of fused-ring (bicyclic) bond motifs is 1. The van der Waals surface area contributed by atoms with Crippen LogP contribution in [0.4, 0.5) is 0 Å². The number of phenolic OH excluding ortho intramolecular Hbond substituents is 1. The molecule has 0 fully saturated rings. The van der Waals surface area contributed by atoms with Gasteiger partial charge in [-0.15, -0.1) is 0 Å². The number of carbonyl (C=O) groups excluding carboxylic acids is 2. The number of imidazole rings is 1.